The Morgan fingerprint density at radius 1 is 0.935 bits per heavy atom. The Morgan fingerprint density at radius 2 is 1.42 bits per heavy atom. The predicted octanol–water partition coefficient (Wildman–Crippen LogP) is 0.150. The molecule has 0 bridgehead atoms. The highest BCUT2D eigenvalue weighted by atomic mass is 16.4. The van der Waals surface area contributed by atoms with Crippen LogP contribution in [0.1, 0.15) is 41.7 Å². The van der Waals surface area contributed by atoms with Crippen LogP contribution in [0.2, 0.25) is 0 Å². The molecule has 168 valence electrons. The molecule has 0 aliphatic rings. The summed E-state index contributed by atoms with van der Waals surface area (Å²) >= 11 is 0. The fourth-order valence-corrected chi connectivity index (χ4v) is 2.20. The molecule has 2 aromatic heterocycles. The van der Waals surface area contributed by atoms with Gasteiger partial charge in [-0.05, 0) is 20.8 Å². The molecule has 0 saturated carbocycles. The van der Waals surface area contributed by atoms with E-state index < -0.39 is 11.6 Å². The lowest BCUT2D eigenvalue weighted by Crippen LogP contribution is -2.48. The maximum Gasteiger partial charge on any atom is 0.407 e. The molecule has 0 aliphatic carbocycles. The average molecular weight is 432 g/mol. The van der Waals surface area contributed by atoms with Crippen molar-refractivity contribution in [2.75, 3.05) is 26.2 Å². The lowest BCUT2D eigenvalue weighted by atomic mass is 10.1. The smallest absolute Gasteiger partial charge is 0.407 e. The van der Waals surface area contributed by atoms with Gasteiger partial charge in [0.05, 0.1) is 12.4 Å². The molecule has 0 fully saturated rings. The summed E-state index contributed by atoms with van der Waals surface area (Å²) in [4.78, 5) is 50.4. The van der Waals surface area contributed by atoms with E-state index in [0.29, 0.717) is 18.8 Å². The molecule has 0 aliphatic heterocycles. The van der Waals surface area contributed by atoms with Crippen LogP contribution in [0, 0.1) is 0 Å². The Morgan fingerprint density at radius 3 is 1.77 bits per heavy atom. The van der Waals surface area contributed by atoms with E-state index in [1.807, 2.05) is 0 Å². The third kappa shape index (κ3) is 9.58. The maximum absolute atomic E-state index is 11.7. The number of carbonyl (C=O) groups excluding carboxylic acids is 2. The molecule has 3 amide bonds. The number of aromatic nitrogens is 4. The van der Waals surface area contributed by atoms with E-state index in [-0.39, 0.29) is 30.6 Å². The largest absolute Gasteiger partial charge is 0.465 e. The Labute approximate surface area is 180 Å². The van der Waals surface area contributed by atoms with Gasteiger partial charge in [0.25, 0.3) is 11.8 Å². The van der Waals surface area contributed by atoms with Gasteiger partial charge in [0.2, 0.25) is 0 Å². The fraction of sp³-hybridized carbons (Fsp3) is 0.421. The zero-order chi connectivity index (χ0) is 23.3. The Hall–Kier alpha value is -3.67. The minimum atomic E-state index is -1.01. The summed E-state index contributed by atoms with van der Waals surface area (Å²) in [5.74, 6) is -0.610. The zero-order valence-electron chi connectivity index (χ0n) is 17.8. The van der Waals surface area contributed by atoms with Crippen molar-refractivity contribution in [2.45, 2.75) is 26.3 Å². The second kappa shape index (κ2) is 12.8. The highest BCUT2D eigenvalue weighted by molar-refractivity contribution is 5.92. The number of rotatable bonds is 7. The first-order chi connectivity index (χ1) is 14.7. The Bertz CT molecular complexity index is 828. The van der Waals surface area contributed by atoms with Crippen molar-refractivity contribution in [1.29, 1.82) is 0 Å². The van der Waals surface area contributed by atoms with Gasteiger partial charge in [0, 0.05) is 56.5 Å². The van der Waals surface area contributed by atoms with E-state index >= 15 is 0 Å². The van der Waals surface area contributed by atoms with E-state index in [1.165, 1.54) is 42.1 Å². The first-order valence-corrected chi connectivity index (χ1v) is 9.46. The van der Waals surface area contributed by atoms with Crippen molar-refractivity contribution >= 4 is 17.9 Å². The predicted molar refractivity (Wildman–Crippen MR) is 112 cm³/mol. The van der Waals surface area contributed by atoms with Crippen LogP contribution in [0.3, 0.4) is 0 Å². The molecule has 5 N–H and O–H groups in total. The van der Waals surface area contributed by atoms with Crippen molar-refractivity contribution in [1.82, 2.24) is 35.5 Å². The second-order valence-corrected chi connectivity index (χ2v) is 7.09. The molecule has 2 rings (SSSR count). The highest BCUT2D eigenvalue weighted by Gasteiger charge is 2.25. The van der Waals surface area contributed by atoms with Crippen molar-refractivity contribution in [3.05, 3.63) is 48.6 Å². The van der Waals surface area contributed by atoms with Gasteiger partial charge in [-0.15, -0.1) is 0 Å². The lowest BCUT2D eigenvalue weighted by Gasteiger charge is -2.33. The first-order valence-electron chi connectivity index (χ1n) is 9.46. The van der Waals surface area contributed by atoms with Gasteiger partial charge < -0.3 is 26.4 Å². The number of nitrogens with two attached hydrogens (primary N) is 1. The molecule has 31 heavy (non-hydrogen) atoms. The number of carbonyl (C=O) groups is 3. The number of hydrogen-bond donors (Lipinski definition) is 4. The molecule has 0 unspecified atom stereocenters. The second-order valence-electron chi connectivity index (χ2n) is 7.09. The molecule has 12 nitrogen and oxygen atoms in total. The minimum Gasteiger partial charge on any atom is -0.465 e. The van der Waals surface area contributed by atoms with E-state index in [9.17, 15) is 14.4 Å². The summed E-state index contributed by atoms with van der Waals surface area (Å²) in [6, 6.07) is 0. The molecule has 0 radical (unpaired) electrons. The van der Waals surface area contributed by atoms with Gasteiger partial charge in [0.1, 0.15) is 11.4 Å². The van der Waals surface area contributed by atoms with Gasteiger partial charge in [-0.25, -0.2) is 14.8 Å². The van der Waals surface area contributed by atoms with Crippen molar-refractivity contribution in [3.63, 3.8) is 0 Å². The molecular formula is C19H28N8O4. The van der Waals surface area contributed by atoms with E-state index in [2.05, 4.69) is 30.6 Å². The van der Waals surface area contributed by atoms with E-state index in [0.717, 1.165) is 0 Å². The van der Waals surface area contributed by atoms with Crippen LogP contribution in [0.15, 0.2) is 37.2 Å². The van der Waals surface area contributed by atoms with Crippen molar-refractivity contribution in [2.24, 2.45) is 5.73 Å². The van der Waals surface area contributed by atoms with Gasteiger partial charge >= 0.3 is 6.09 Å². The molecule has 0 spiro atoms. The van der Waals surface area contributed by atoms with Crippen LogP contribution in [0.5, 0.6) is 0 Å². The first kappa shape index (κ1) is 25.4. The number of nitrogens with one attached hydrogen (secondary N) is 2. The van der Waals surface area contributed by atoms with Crippen LogP contribution in [-0.4, -0.2) is 79.6 Å². The van der Waals surface area contributed by atoms with Crippen molar-refractivity contribution < 1.29 is 19.5 Å². The molecule has 0 aromatic carbocycles. The van der Waals surface area contributed by atoms with Gasteiger partial charge in [-0.3, -0.25) is 19.6 Å². The molecule has 2 aromatic rings. The topological polar surface area (TPSA) is 176 Å². The monoisotopic (exact) mass is 432 g/mol. The molecule has 0 saturated heterocycles. The molecule has 12 heteroatoms. The quantitative estimate of drug-likeness (QED) is 0.474. The fourth-order valence-electron chi connectivity index (χ4n) is 2.20. The highest BCUT2D eigenvalue weighted by Crippen LogP contribution is 2.12. The normalized spacial score (nSPS) is 10.3. The standard InChI is InChI=1S/C12H18N4O3.C7H10N4O/c1-12(2,3)16(11(18)19)7-6-15-10(17)9-8-13-4-5-14-9;8-1-2-11-7(12)6-5-9-3-4-10-6/h4-5,8H,6-7H2,1-3H3,(H,15,17)(H,18,19);3-5H,1-2,8H2,(H,11,12). The average Bonchev–Trinajstić information content (AvgIpc) is 2.75. The van der Waals surface area contributed by atoms with Crippen LogP contribution in [-0.2, 0) is 0 Å². The third-order valence-corrected chi connectivity index (χ3v) is 3.68. The Kier molecular flexibility index (Phi) is 10.5. The summed E-state index contributed by atoms with van der Waals surface area (Å²) in [7, 11) is 0. The maximum atomic E-state index is 11.7. The summed E-state index contributed by atoms with van der Waals surface area (Å²) in [5, 5.41) is 14.3. The molecule has 2 heterocycles. The van der Waals surface area contributed by atoms with Gasteiger partial charge in [-0.2, -0.15) is 0 Å². The van der Waals surface area contributed by atoms with Crippen molar-refractivity contribution in [3.8, 4) is 0 Å². The van der Waals surface area contributed by atoms with Crippen LogP contribution >= 0.6 is 0 Å². The van der Waals surface area contributed by atoms with E-state index in [4.69, 9.17) is 10.8 Å². The summed E-state index contributed by atoms with van der Waals surface area (Å²) in [6.07, 6.45) is 7.63. The summed E-state index contributed by atoms with van der Waals surface area (Å²) in [6.45, 7) is 6.70. The number of carboxylic acid groups (broad SMARTS) is 1. The van der Waals surface area contributed by atoms with Crippen LogP contribution < -0.4 is 16.4 Å². The Balaban J connectivity index is 0.000000343. The SMILES string of the molecule is CC(C)(C)N(CCNC(=O)c1cnccn1)C(=O)O.NCCNC(=O)c1cnccn1. The number of hydrogen-bond acceptors (Lipinski definition) is 8. The zero-order valence-corrected chi connectivity index (χ0v) is 17.8. The molecule has 0 atom stereocenters. The summed E-state index contributed by atoms with van der Waals surface area (Å²) in [5.41, 5.74) is 5.21. The van der Waals surface area contributed by atoms with Crippen LogP contribution in [0.4, 0.5) is 4.79 Å². The van der Waals surface area contributed by atoms with Crippen LogP contribution in [0.25, 0.3) is 0 Å². The number of amides is 3. The lowest BCUT2D eigenvalue weighted by molar-refractivity contribution is 0.0888. The van der Waals surface area contributed by atoms with Gasteiger partial charge in [0.15, 0.2) is 0 Å². The van der Waals surface area contributed by atoms with E-state index in [1.54, 1.807) is 20.8 Å². The molecular weight excluding hydrogens is 404 g/mol. The van der Waals surface area contributed by atoms with Gasteiger partial charge in [-0.1, -0.05) is 0 Å². The third-order valence-electron chi connectivity index (χ3n) is 3.68. The number of nitrogens with zero attached hydrogens (tertiary/aromatic N) is 5. The summed E-state index contributed by atoms with van der Waals surface area (Å²) < 4.78 is 0. The minimum absolute atomic E-state index is 0.208.